The van der Waals surface area contributed by atoms with E-state index in [0.717, 1.165) is 5.76 Å². The lowest BCUT2D eigenvalue weighted by Gasteiger charge is -1.98. The Balaban J connectivity index is 1.63. The lowest BCUT2D eigenvalue weighted by molar-refractivity contribution is -0.384. The van der Waals surface area contributed by atoms with E-state index in [2.05, 4.69) is 17.5 Å². The fourth-order valence-electron chi connectivity index (χ4n) is 2.22. The molecule has 2 aromatic rings. The van der Waals surface area contributed by atoms with Crippen LogP contribution in [0, 0.1) is 16.0 Å². The van der Waals surface area contributed by atoms with Gasteiger partial charge in [0.1, 0.15) is 11.5 Å². The highest BCUT2D eigenvalue weighted by molar-refractivity contribution is 5.76. The van der Waals surface area contributed by atoms with Gasteiger partial charge in [-0.15, -0.1) is 0 Å². The fraction of sp³-hybridized carbons (Fsp3) is 0.267. The fourth-order valence-corrected chi connectivity index (χ4v) is 2.22. The van der Waals surface area contributed by atoms with E-state index in [1.54, 1.807) is 18.3 Å². The monoisotopic (exact) mass is 285 g/mol. The Hall–Kier alpha value is -2.63. The number of furan rings is 1. The van der Waals surface area contributed by atoms with Gasteiger partial charge in [-0.05, 0) is 30.5 Å². The molecule has 108 valence electrons. The minimum atomic E-state index is -0.440. The lowest BCUT2D eigenvalue weighted by Crippen LogP contribution is -1.92. The maximum absolute atomic E-state index is 10.7. The smallest absolute Gasteiger partial charge is 0.271 e. The number of nitrogens with one attached hydrogen (secondary N) is 1. The average Bonchev–Trinajstić information content (AvgIpc) is 3.01. The summed E-state index contributed by atoms with van der Waals surface area (Å²) < 4.78 is 5.68. The number of anilines is 1. The Bertz CT molecular complexity index is 693. The van der Waals surface area contributed by atoms with Crippen LogP contribution in [0.4, 0.5) is 11.4 Å². The first kappa shape index (κ1) is 13.4. The molecule has 1 aliphatic rings. The largest absolute Gasteiger partial charge is 0.460 e. The normalized spacial score (nSPS) is 20.6. The van der Waals surface area contributed by atoms with E-state index in [1.165, 1.54) is 18.6 Å². The van der Waals surface area contributed by atoms with Gasteiger partial charge in [0.25, 0.3) is 5.69 Å². The van der Waals surface area contributed by atoms with Crippen LogP contribution in [0.25, 0.3) is 0 Å². The number of hydrazone groups is 1. The molecule has 21 heavy (non-hydrogen) atoms. The van der Waals surface area contributed by atoms with E-state index in [0.29, 0.717) is 23.3 Å². The number of benzene rings is 1. The van der Waals surface area contributed by atoms with Crippen molar-refractivity contribution in [1.29, 1.82) is 0 Å². The zero-order valence-electron chi connectivity index (χ0n) is 11.5. The van der Waals surface area contributed by atoms with Gasteiger partial charge < -0.3 is 4.42 Å². The Morgan fingerprint density at radius 3 is 2.95 bits per heavy atom. The third-order valence-corrected chi connectivity index (χ3v) is 3.56. The van der Waals surface area contributed by atoms with Crippen LogP contribution in [0.1, 0.15) is 30.8 Å². The van der Waals surface area contributed by atoms with Crippen LogP contribution in [-0.2, 0) is 0 Å². The summed E-state index contributed by atoms with van der Waals surface area (Å²) in [5, 5.41) is 14.7. The predicted octanol–water partition coefficient (Wildman–Crippen LogP) is 3.76. The molecule has 0 saturated heterocycles. The van der Waals surface area contributed by atoms with Crippen LogP contribution < -0.4 is 5.43 Å². The van der Waals surface area contributed by atoms with Crippen molar-refractivity contribution < 1.29 is 9.34 Å². The summed E-state index contributed by atoms with van der Waals surface area (Å²) in [4.78, 5) is 10.2. The SMILES string of the molecule is C[C@H]1C[C@@H]1c1ccc(/C=N\Nc2cccc([N+](=O)[O-])c2)o1. The second-order valence-electron chi connectivity index (χ2n) is 5.24. The Labute approximate surface area is 121 Å². The summed E-state index contributed by atoms with van der Waals surface area (Å²) in [5.41, 5.74) is 3.34. The van der Waals surface area contributed by atoms with Crippen LogP contribution in [0.2, 0.25) is 0 Å². The van der Waals surface area contributed by atoms with Crippen molar-refractivity contribution >= 4 is 17.6 Å². The van der Waals surface area contributed by atoms with Crippen molar-refractivity contribution in [3.05, 3.63) is 58.0 Å². The van der Waals surface area contributed by atoms with Gasteiger partial charge in [-0.2, -0.15) is 5.10 Å². The molecule has 0 aliphatic heterocycles. The molecule has 2 atom stereocenters. The van der Waals surface area contributed by atoms with Crippen molar-refractivity contribution in [2.24, 2.45) is 11.0 Å². The molecule has 1 N–H and O–H groups in total. The lowest BCUT2D eigenvalue weighted by atomic mass is 10.3. The number of rotatable bonds is 5. The van der Waals surface area contributed by atoms with Crippen molar-refractivity contribution in [2.45, 2.75) is 19.3 Å². The average molecular weight is 285 g/mol. The second-order valence-corrected chi connectivity index (χ2v) is 5.24. The molecule has 1 fully saturated rings. The summed E-state index contributed by atoms with van der Waals surface area (Å²) in [7, 11) is 0. The number of nitro groups is 1. The standard InChI is InChI=1S/C15H15N3O3/c1-10-7-14(10)15-6-5-13(21-15)9-16-17-11-3-2-4-12(8-11)18(19)20/h2-6,8-10,14,17H,7H2,1H3/b16-9-/t10-,14-/m0/s1. The van der Waals surface area contributed by atoms with Gasteiger partial charge in [0.05, 0.1) is 16.8 Å². The zero-order chi connectivity index (χ0) is 14.8. The van der Waals surface area contributed by atoms with E-state index < -0.39 is 4.92 Å². The molecule has 0 spiro atoms. The molecule has 6 nitrogen and oxygen atoms in total. The molecule has 1 aliphatic carbocycles. The highest BCUT2D eigenvalue weighted by atomic mass is 16.6. The molecule has 0 amide bonds. The van der Waals surface area contributed by atoms with Crippen LogP contribution in [0.5, 0.6) is 0 Å². The molecule has 1 heterocycles. The summed E-state index contributed by atoms with van der Waals surface area (Å²) in [6.07, 6.45) is 2.74. The van der Waals surface area contributed by atoms with Gasteiger partial charge in [-0.1, -0.05) is 13.0 Å². The van der Waals surface area contributed by atoms with E-state index in [4.69, 9.17) is 4.42 Å². The first-order chi connectivity index (χ1) is 10.1. The molecule has 0 radical (unpaired) electrons. The van der Waals surface area contributed by atoms with E-state index in [1.807, 2.05) is 12.1 Å². The highest BCUT2D eigenvalue weighted by Crippen LogP contribution is 2.47. The Kier molecular flexibility index (Phi) is 3.43. The first-order valence-electron chi connectivity index (χ1n) is 6.77. The molecule has 0 unspecified atom stereocenters. The van der Waals surface area contributed by atoms with Crippen LogP contribution in [0.3, 0.4) is 0 Å². The minimum absolute atomic E-state index is 0.0261. The third-order valence-electron chi connectivity index (χ3n) is 3.56. The van der Waals surface area contributed by atoms with E-state index >= 15 is 0 Å². The summed E-state index contributed by atoms with van der Waals surface area (Å²) in [6, 6.07) is 10.0. The number of hydrogen-bond donors (Lipinski definition) is 1. The van der Waals surface area contributed by atoms with Gasteiger partial charge in [-0.25, -0.2) is 0 Å². The molecule has 1 saturated carbocycles. The predicted molar refractivity (Wildman–Crippen MR) is 79.5 cm³/mol. The summed E-state index contributed by atoms with van der Waals surface area (Å²) in [5.74, 6) is 2.90. The molecular weight excluding hydrogens is 270 g/mol. The molecule has 1 aromatic carbocycles. The third kappa shape index (κ3) is 3.10. The van der Waals surface area contributed by atoms with E-state index in [9.17, 15) is 10.1 Å². The molecule has 1 aromatic heterocycles. The van der Waals surface area contributed by atoms with E-state index in [-0.39, 0.29) is 5.69 Å². The number of nitrogens with zero attached hydrogens (tertiary/aromatic N) is 2. The van der Waals surface area contributed by atoms with Crippen LogP contribution in [-0.4, -0.2) is 11.1 Å². The number of non-ortho nitro benzene ring substituents is 1. The van der Waals surface area contributed by atoms with Crippen molar-refractivity contribution in [3.63, 3.8) is 0 Å². The number of hydrogen-bond acceptors (Lipinski definition) is 5. The Morgan fingerprint density at radius 1 is 1.43 bits per heavy atom. The molecule has 6 heteroatoms. The topological polar surface area (TPSA) is 80.7 Å². The zero-order valence-corrected chi connectivity index (χ0v) is 11.5. The molecule has 0 bridgehead atoms. The van der Waals surface area contributed by atoms with Crippen molar-refractivity contribution in [3.8, 4) is 0 Å². The number of nitro benzene ring substituents is 1. The molecular formula is C15H15N3O3. The second kappa shape index (κ2) is 5.40. The van der Waals surface area contributed by atoms with Gasteiger partial charge in [0, 0.05) is 18.1 Å². The van der Waals surface area contributed by atoms with Gasteiger partial charge in [0.15, 0.2) is 0 Å². The van der Waals surface area contributed by atoms with Crippen LogP contribution >= 0.6 is 0 Å². The van der Waals surface area contributed by atoms with Gasteiger partial charge in [0.2, 0.25) is 0 Å². The van der Waals surface area contributed by atoms with Crippen molar-refractivity contribution in [2.75, 3.05) is 5.43 Å². The van der Waals surface area contributed by atoms with Crippen LogP contribution in [0.15, 0.2) is 45.9 Å². The first-order valence-corrected chi connectivity index (χ1v) is 6.77. The maximum atomic E-state index is 10.7. The summed E-state index contributed by atoms with van der Waals surface area (Å²) in [6.45, 7) is 2.20. The quantitative estimate of drug-likeness (QED) is 0.515. The van der Waals surface area contributed by atoms with Crippen molar-refractivity contribution in [1.82, 2.24) is 0 Å². The summed E-state index contributed by atoms with van der Waals surface area (Å²) >= 11 is 0. The van der Waals surface area contributed by atoms with Gasteiger partial charge >= 0.3 is 0 Å². The molecule has 3 rings (SSSR count). The van der Waals surface area contributed by atoms with Gasteiger partial charge in [-0.3, -0.25) is 15.5 Å². The maximum Gasteiger partial charge on any atom is 0.271 e. The minimum Gasteiger partial charge on any atom is -0.460 e. The Morgan fingerprint density at radius 2 is 2.24 bits per heavy atom. The highest BCUT2D eigenvalue weighted by Gasteiger charge is 2.36.